The highest BCUT2D eigenvalue weighted by Crippen LogP contribution is 2.37. The fourth-order valence-electron chi connectivity index (χ4n) is 2.52. The fraction of sp³-hybridized carbons (Fsp3) is 0.312. The number of nitrogens with one attached hydrogen (secondary N) is 2. The Balaban J connectivity index is 2.73. The predicted octanol–water partition coefficient (Wildman–Crippen LogP) is 4.38. The molecule has 2 aromatic rings. The van der Waals surface area contributed by atoms with Crippen LogP contribution in [0.3, 0.4) is 0 Å². The largest absolute Gasteiger partial charge is 0.370 e. The van der Waals surface area contributed by atoms with E-state index in [2.05, 4.69) is 49.7 Å². The van der Waals surface area contributed by atoms with Gasteiger partial charge in [0, 0.05) is 10.6 Å². The minimum atomic E-state index is -0.0186. The second-order valence-electron chi connectivity index (χ2n) is 4.93. The van der Waals surface area contributed by atoms with E-state index in [0.29, 0.717) is 5.92 Å². The highest BCUT2D eigenvalue weighted by molar-refractivity contribution is 7.98. The molecule has 0 saturated heterocycles. The van der Waals surface area contributed by atoms with E-state index < -0.39 is 0 Å². The van der Waals surface area contributed by atoms with E-state index in [1.807, 2.05) is 6.07 Å². The van der Waals surface area contributed by atoms with Crippen LogP contribution in [0.4, 0.5) is 5.69 Å². The SMILES string of the molecule is CCC(C)c1c(NC(=N)N)ccc2c(SC)cccc12. The minimum Gasteiger partial charge on any atom is -0.370 e. The Kier molecular flexibility index (Phi) is 4.55. The first-order valence-electron chi connectivity index (χ1n) is 6.79. The van der Waals surface area contributed by atoms with Gasteiger partial charge in [-0.25, -0.2) is 0 Å². The molecule has 1 atom stereocenters. The van der Waals surface area contributed by atoms with Gasteiger partial charge in [0.05, 0.1) is 0 Å². The van der Waals surface area contributed by atoms with Crippen LogP contribution in [0.25, 0.3) is 10.8 Å². The molecule has 4 heteroatoms. The molecule has 0 aromatic heterocycles. The summed E-state index contributed by atoms with van der Waals surface area (Å²) in [6, 6.07) is 10.5. The standard InChI is InChI=1S/C16H21N3S/c1-4-10(2)15-12-6-5-7-14(20-3)11(12)8-9-13(15)19-16(17)18/h5-10H,4H2,1-3H3,(H4,17,18,19). The summed E-state index contributed by atoms with van der Waals surface area (Å²) in [6.07, 6.45) is 3.15. The van der Waals surface area contributed by atoms with Crippen molar-refractivity contribution in [3.05, 3.63) is 35.9 Å². The molecule has 0 aliphatic rings. The quantitative estimate of drug-likeness (QED) is 0.444. The van der Waals surface area contributed by atoms with Gasteiger partial charge in [0.1, 0.15) is 0 Å². The Morgan fingerprint density at radius 2 is 2.05 bits per heavy atom. The fourth-order valence-corrected chi connectivity index (χ4v) is 3.13. The van der Waals surface area contributed by atoms with Gasteiger partial charge in [0.25, 0.3) is 0 Å². The van der Waals surface area contributed by atoms with Gasteiger partial charge in [-0.05, 0) is 47.1 Å². The molecule has 0 saturated carbocycles. The van der Waals surface area contributed by atoms with E-state index in [0.717, 1.165) is 12.1 Å². The number of fused-ring (bicyclic) bond motifs is 1. The molecule has 0 aliphatic heterocycles. The molecule has 0 aliphatic carbocycles. The Bertz CT molecular complexity index is 637. The van der Waals surface area contributed by atoms with Crippen molar-refractivity contribution in [1.29, 1.82) is 5.41 Å². The van der Waals surface area contributed by atoms with Gasteiger partial charge in [0.2, 0.25) is 0 Å². The summed E-state index contributed by atoms with van der Waals surface area (Å²) < 4.78 is 0. The lowest BCUT2D eigenvalue weighted by Crippen LogP contribution is -2.21. The number of anilines is 1. The molecule has 20 heavy (non-hydrogen) atoms. The van der Waals surface area contributed by atoms with Gasteiger partial charge in [0.15, 0.2) is 5.96 Å². The van der Waals surface area contributed by atoms with E-state index in [9.17, 15) is 0 Å². The van der Waals surface area contributed by atoms with Gasteiger partial charge in [-0.3, -0.25) is 5.41 Å². The second kappa shape index (κ2) is 6.18. The molecule has 1 unspecified atom stereocenters. The van der Waals surface area contributed by atoms with E-state index in [1.165, 1.54) is 21.2 Å². The third-order valence-electron chi connectivity index (χ3n) is 3.66. The van der Waals surface area contributed by atoms with Crippen molar-refractivity contribution in [3.8, 4) is 0 Å². The van der Waals surface area contributed by atoms with Crippen LogP contribution in [0.2, 0.25) is 0 Å². The molecular formula is C16H21N3S. The summed E-state index contributed by atoms with van der Waals surface area (Å²) >= 11 is 1.76. The summed E-state index contributed by atoms with van der Waals surface area (Å²) in [6.45, 7) is 4.39. The third kappa shape index (κ3) is 2.75. The first-order valence-corrected chi connectivity index (χ1v) is 8.01. The first-order chi connectivity index (χ1) is 9.58. The summed E-state index contributed by atoms with van der Waals surface area (Å²) in [7, 11) is 0. The van der Waals surface area contributed by atoms with Crippen LogP contribution in [0.15, 0.2) is 35.2 Å². The highest BCUT2D eigenvalue weighted by Gasteiger charge is 2.15. The van der Waals surface area contributed by atoms with Gasteiger partial charge >= 0.3 is 0 Å². The zero-order valence-corrected chi connectivity index (χ0v) is 13.0. The van der Waals surface area contributed by atoms with Crippen molar-refractivity contribution >= 4 is 34.2 Å². The molecule has 106 valence electrons. The van der Waals surface area contributed by atoms with E-state index >= 15 is 0 Å². The number of nitrogens with two attached hydrogens (primary N) is 1. The number of benzene rings is 2. The Hall–Kier alpha value is -1.68. The molecule has 3 nitrogen and oxygen atoms in total. The van der Waals surface area contributed by atoms with Crippen molar-refractivity contribution in [2.24, 2.45) is 5.73 Å². The molecule has 0 amide bonds. The lowest BCUT2D eigenvalue weighted by Gasteiger charge is -2.19. The smallest absolute Gasteiger partial charge is 0.190 e. The normalized spacial score (nSPS) is 12.3. The Labute approximate surface area is 124 Å². The number of guanidine groups is 1. The second-order valence-corrected chi connectivity index (χ2v) is 5.78. The zero-order valence-electron chi connectivity index (χ0n) is 12.2. The Morgan fingerprint density at radius 3 is 2.65 bits per heavy atom. The monoisotopic (exact) mass is 287 g/mol. The van der Waals surface area contributed by atoms with Crippen LogP contribution < -0.4 is 11.1 Å². The number of hydrogen-bond acceptors (Lipinski definition) is 2. The van der Waals surface area contributed by atoms with Gasteiger partial charge in [-0.2, -0.15) is 0 Å². The zero-order chi connectivity index (χ0) is 14.7. The number of rotatable bonds is 4. The summed E-state index contributed by atoms with van der Waals surface area (Å²) in [5.74, 6) is 0.396. The maximum Gasteiger partial charge on any atom is 0.190 e. The number of hydrogen-bond donors (Lipinski definition) is 3. The maximum atomic E-state index is 7.48. The molecule has 0 fully saturated rings. The van der Waals surface area contributed by atoms with Crippen molar-refractivity contribution in [3.63, 3.8) is 0 Å². The molecule has 0 heterocycles. The van der Waals surface area contributed by atoms with E-state index in [-0.39, 0.29) is 5.96 Å². The van der Waals surface area contributed by atoms with Gasteiger partial charge < -0.3 is 11.1 Å². The molecule has 0 spiro atoms. The molecule has 4 N–H and O–H groups in total. The van der Waals surface area contributed by atoms with Crippen molar-refractivity contribution in [1.82, 2.24) is 0 Å². The maximum absolute atomic E-state index is 7.48. The van der Waals surface area contributed by atoms with Crippen molar-refractivity contribution in [2.45, 2.75) is 31.1 Å². The highest BCUT2D eigenvalue weighted by atomic mass is 32.2. The summed E-state index contributed by atoms with van der Waals surface area (Å²) in [5.41, 5.74) is 7.69. The lowest BCUT2D eigenvalue weighted by molar-refractivity contribution is 0.741. The minimum absolute atomic E-state index is 0.0186. The van der Waals surface area contributed by atoms with Gasteiger partial charge in [-0.15, -0.1) is 11.8 Å². The molecule has 2 rings (SSSR count). The molecule has 0 radical (unpaired) electrons. The van der Waals surface area contributed by atoms with Crippen LogP contribution in [-0.4, -0.2) is 12.2 Å². The Morgan fingerprint density at radius 1 is 1.30 bits per heavy atom. The van der Waals surface area contributed by atoms with E-state index in [4.69, 9.17) is 11.1 Å². The average molecular weight is 287 g/mol. The van der Waals surface area contributed by atoms with Crippen LogP contribution in [0.5, 0.6) is 0 Å². The average Bonchev–Trinajstić information content (AvgIpc) is 2.44. The molecule has 2 aromatic carbocycles. The molecule has 0 bridgehead atoms. The topological polar surface area (TPSA) is 61.9 Å². The summed E-state index contributed by atoms with van der Waals surface area (Å²) in [4.78, 5) is 1.28. The van der Waals surface area contributed by atoms with Gasteiger partial charge in [-0.1, -0.05) is 32.0 Å². The van der Waals surface area contributed by atoms with Crippen LogP contribution in [0, 0.1) is 5.41 Å². The summed E-state index contributed by atoms with van der Waals surface area (Å²) in [5, 5.41) is 13.0. The van der Waals surface area contributed by atoms with Crippen LogP contribution >= 0.6 is 11.8 Å². The van der Waals surface area contributed by atoms with Crippen LogP contribution in [0.1, 0.15) is 31.7 Å². The number of thioether (sulfide) groups is 1. The first kappa shape index (κ1) is 14.7. The van der Waals surface area contributed by atoms with Crippen molar-refractivity contribution in [2.75, 3.05) is 11.6 Å². The third-order valence-corrected chi connectivity index (χ3v) is 4.45. The predicted molar refractivity (Wildman–Crippen MR) is 90.0 cm³/mol. The van der Waals surface area contributed by atoms with Crippen molar-refractivity contribution < 1.29 is 0 Å². The van der Waals surface area contributed by atoms with Crippen LogP contribution in [-0.2, 0) is 0 Å². The molecular weight excluding hydrogens is 266 g/mol. The van der Waals surface area contributed by atoms with E-state index in [1.54, 1.807) is 11.8 Å². The lowest BCUT2D eigenvalue weighted by atomic mass is 9.91.